The largest absolute Gasteiger partial charge is 0.286 e. The van der Waals surface area contributed by atoms with Crippen LogP contribution in [0.3, 0.4) is 0 Å². The fourth-order valence-corrected chi connectivity index (χ4v) is 3.78. The molecule has 3 aromatic rings. The van der Waals surface area contributed by atoms with Crippen LogP contribution >= 0.6 is 0 Å². The third-order valence-electron chi connectivity index (χ3n) is 5.06. The molecule has 0 saturated carbocycles. The van der Waals surface area contributed by atoms with Crippen molar-refractivity contribution in [2.75, 3.05) is 0 Å². The maximum Gasteiger partial charge on any atom is 0.0637 e. The maximum absolute atomic E-state index is 3.74. The van der Waals surface area contributed by atoms with E-state index in [0.29, 0.717) is 0 Å². The summed E-state index contributed by atoms with van der Waals surface area (Å²) in [5.74, 6) is 0. The Morgan fingerprint density at radius 2 is 0.667 bits per heavy atom. The molecule has 1 aliphatic heterocycles. The lowest BCUT2D eigenvalue weighted by molar-refractivity contribution is 0.196. The van der Waals surface area contributed by atoms with Gasteiger partial charge in [-0.2, -0.15) is 0 Å². The van der Waals surface area contributed by atoms with Gasteiger partial charge in [0, 0.05) is 19.3 Å². The zero-order chi connectivity index (χ0) is 18.3. The minimum atomic E-state index is 0.246. The van der Waals surface area contributed by atoms with Crippen molar-refractivity contribution >= 4 is 0 Å². The lowest BCUT2D eigenvalue weighted by atomic mass is 10.0. The predicted octanol–water partition coefficient (Wildman–Crippen LogP) is 3.48. The van der Waals surface area contributed by atoms with E-state index in [1.807, 2.05) is 0 Å². The highest BCUT2D eigenvalue weighted by Crippen LogP contribution is 2.11. The molecule has 138 valence electrons. The van der Waals surface area contributed by atoms with Gasteiger partial charge in [0.05, 0.1) is 18.5 Å². The second kappa shape index (κ2) is 8.96. The fourth-order valence-electron chi connectivity index (χ4n) is 3.78. The van der Waals surface area contributed by atoms with Crippen LogP contribution in [0.1, 0.15) is 16.7 Å². The van der Waals surface area contributed by atoms with E-state index < -0.39 is 0 Å². The summed E-state index contributed by atoms with van der Waals surface area (Å²) in [6, 6.07) is 32.1. The summed E-state index contributed by atoms with van der Waals surface area (Å²) in [5, 5.41) is 11.2. The monoisotopic (exact) mass is 357 g/mol. The Balaban J connectivity index is 1.47. The van der Waals surface area contributed by atoms with Crippen LogP contribution in [0.5, 0.6) is 0 Å². The first-order valence-corrected chi connectivity index (χ1v) is 9.75. The lowest BCUT2D eigenvalue weighted by Crippen LogP contribution is -2.68. The van der Waals surface area contributed by atoms with Crippen LogP contribution in [0.2, 0.25) is 0 Å². The van der Waals surface area contributed by atoms with Gasteiger partial charge in [-0.15, -0.1) is 0 Å². The Morgan fingerprint density at radius 3 is 0.926 bits per heavy atom. The van der Waals surface area contributed by atoms with Gasteiger partial charge in [-0.05, 0) is 16.7 Å². The van der Waals surface area contributed by atoms with Crippen molar-refractivity contribution in [2.45, 2.75) is 37.8 Å². The van der Waals surface area contributed by atoms with Crippen LogP contribution in [0.15, 0.2) is 91.0 Å². The van der Waals surface area contributed by atoms with Crippen molar-refractivity contribution < 1.29 is 0 Å². The lowest BCUT2D eigenvalue weighted by Gasteiger charge is -2.39. The number of rotatable bonds is 6. The molecule has 0 amide bonds. The summed E-state index contributed by atoms with van der Waals surface area (Å²) in [6.45, 7) is 0. The van der Waals surface area contributed by atoms with E-state index in [0.717, 1.165) is 19.3 Å². The van der Waals surface area contributed by atoms with Gasteiger partial charge in [0.25, 0.3) is 0 Å². The summed E-state index contributed by atoms with van der Waals surface area (Å²) in [4.78, 5) is 0. The maximum atomic E-state index is 3.74. The molecular weight excluding hydrogens is 330 g/mol. The molecule has 3 nitrogen and oxygen atoms in total. The van der Waals surface area contributed by atoms with Crippen molar-refractivity contribution in [2.24, 2.45) is 0 Å². The minimum Gasteiger partial charge on any atom is -0.286 e. The Morgan fingerprint density at radius 1 is 0.407 bits per heavy atom. The van der Waals surface area contributed by atoms with Crippen molar-refractivity contribution in [1.29, 1.82) is 0 Å². The number of hydrogen-bond acceptors (Lipinski definition) is 3. The van der Waals surface area contributed by atoms with Gasteiger partial charge in [0.15, 0.2) is 0 Å². The molecule has 3 heteroatoms. The summed E-state index contributed by atoms with van der Waals surface area (Å²) < 4.78 is 0. The Kier molecular flexibility index (Phi) is 5.95. The number of benzene rings is 3. The first-order chi connectivity index (χ1) is 13.3. The Labute approximate surface area is 161 Å². The van der Waals surface area contributed by atoms with Crippen LogP contribution in [0, 0.1) is 0 Å². The molecule has 0 atom stereocenters. The highest BCUT2D eigenvalue weighted by molar-refractivity contribution is 5.19. The molecule has 1 aliphatic rings. The molecule has 0 aromatic heterocycles. The second-order valence-corrected chi connectivity index (χ2v) is 7.23. The van der Waals surface area contributed by atoms with E-state index in [-0.39, 0.29) is 18.5 Å². The fraction of sp³-hybridized carbons (Fsp3) is 0.250. The van der Waals surface area contributed by atoms with Crippen LogP contribution < -0.4 is 16.0 Å². The van der Waals surface area contributed by atoms with E-state index in [4.69, 9.17) is 0 Å². The topological polar surface area (TPSA) is 36.1 Å². The van der Waals surface area contributed by atoms with E-state index in [1.54, 1.807) is 0 Å². The number of hydrogen-bond donors (Lipinski definition) is 3. The van der Waals surface area contributed by atoms with Crippen molar-refractivity contribution in [1.82, 2.24) is 16.0 Å². The van der Waals surface area contributed by atoms with E-state index in [9.17, 15) is 0 Å². The van der Waals surface area contributed by atoms with Crippen molar-refractivity contribution in [3.05, 3.63) is 108 Å². The molecule has 1 fully saturated rings. The standard InChI is InChI=1S/C24H27N3/c1-4-10-19(11-5-1)16-22-25-23(17-20-12-6-2-7-13-20)27-24(26-22)18-21-14-8-3-9-15-21/h1-15,22-27H,16-18H2. The van der Waals surface area contributed by atoms with Gasteiger partial charge in [-0.3, -0.25) is 16.0 Å². The molecule has 1 saturated heterocycles. The average molecular weight is 358 g/mol. The predicted molar refractivity (Wildman–Crippen MR) is 111 cm³/mol. The molecule has 0 radical (unpaired) electrons. The van der Waals surface area contributed by atoms with E-state index >= 15 is 0 Å². The number of nitrogens with one attached hydrogen (secondary N) is 3. The summed E-state index contributed by atoms with van der Waals surface area (Å²) in [6.07, 6.45) is 3.65. The van der Waals surface area contributed by atoms with Gasteiger partial charge < -0.3 is 0 Å². The molecular formula is C24H27N3. The molecule has 3 aromatic carbocycles. The molecule has 0 spiro atoms. The van der Waals surface area contributed by atoms with Crippen molar-refractivity contribution in [3.63, 3.8) is 0 Å². The highest BCUT2D eigenvalue weighted by atomic mass is 15.3. The van der Waals surface area contributed by atoms with Gasteiger partial charge in [0.2, 0.25) is 0 Å². The van der Waals surface area contributed by atoms with Gasteiger partial charge >= 0.3 is 0 Å². The molecule has 1 heterocycles. The summed E-state index contributed by atoms with van der Waals surface area (Å²) in [7, 11) is 0. The van der Waals surface area contributed by atoms with Crippen LogP contribution in [-0.2, 0) is 19.3 Å². The summed E-state index contributed by atoms with van der Waals surface area (Å²) in [5.41, 5.74) is 4.05. The van der Waals surface area contributed by atoms with E-state index in [2.05, 4.69) is 107 Å². The van der Waals surface area contributed by atoms with Crippen molar-refractivity contribution in [3.8, 4) is 0 Å². The Bertz CT molecular complexity index is 686. The first kappa shape index (κ1) is 17.9. The van der Waals surface area contributed by atoms with Gasteiger partial charge in [-0.1, -0.05) is 91.0 Å². The average Bonchev–Trinajstić information content (AvgIpc) is 2.70. The minimum absolute atomic E-state index is 0.246. The highest BCUT2D eigenvalue weighted by Gasteiger charge is 2.26. The van der Waals surface area contributed by atoms with Gasteiger partial charge in [0.1, 0.15) is 0 Å². The molecule has 0 unspecified atom stereocenters. The second-order valence-electron chi connectivity index (χ2n) is 7.23. The first-order valence-electron chi connectivity index (χ1n) is 9.75. The van der Waals surface area contributed by atoms with Gasteiger partial charge in [-0.25, -0.2) is 0 Å². The molecule has 0 bridgehead atoms. The normalized spacial score (nSPS) is 22.4. The van der Waals surface area contributed by atoms with Crippen LogP contribution in [0.4, 0.5) is 0 Å². The SMILES string of the molecule is c1ccc(CC2NC(Cc3ccccc3)NC(Cc3ccccc3)N2)cc1. The van der Waals surface area contributed by atoms with E-state index in [1.165, 1.54) is 16.7 Å². The molecule has 4 rings (SSSR count). The zero-order valence-electron chi connectivity index (χ0n) is 15.5. The molecule has 27 heavy (non-hydrogen) atoms. The molecule has 0 aliphatic carbocycles. The van der Waals surface area contributed by atoms with Crippen LogP contribution in [-0.4, -0.2) is 18.5 Å². The zero-order valence-corrected chi connectivity index (χ0v) is 15.5. The quantitative estimate of drug-likeness (QED) is 0.632. The summed E-state index contributed by atoms with van der Waals surface area (Å²) >= 11 is 0. The molecule has 3 N–H and O–H groups in total. The van der Waals surface area contributed by atoms with Crippen LogP contribution in [0.25, 0.3) is 0 Å². The Hall–Kier alpha value is -2.46. The smallest absolute Gasteiger partial charge is 0.0637 e. The third-order valence-corrected chi connectivity index (χ3v) is 5.06. The third kappa shape index (κ3) is 5.27.